The van der Waals surface area contributed by atoms with Crippen LogP contribution in [-0.4, -0.2) is 34.0 Å². The first-order valence-corrected chi connectivity index (χ1v) is 8.96. The summed E-state index contributed by atoms with van der Waals surface area (Å²) in [5.74, 6) is 1.41. The Balaban J connectivity index is 1.77. The molecule has 1 aromatic carbocycles. The lowest BCUT2D eigenvalue weighted by molar-refractivity contribution is 0.355. The molecule has 27 heavy (non-hydrogen) atoms. The minimum atomic E-state index is 0.699. The van der Waals surface area contributed by atoms with E-state index < -0.39 is 0 Å². The van der Waals surface area contributed by atoms with E-state index in [1.54, 1.807) is 14.2 Å². The van der Waals surface area contributed by atoms with Crippen LogP contribution < -0.4 is 9.47 Å². The summed E-state index contributed by atoms with van der Waals surface area (Å²) in [6.45, 7) is 3.06. The van der Waals surface area contributed by atoms with Crippen LogP contribution in [0.25, 0.3) is 33.3 Å². The van der Waals surface area contributed by atoms with E-state index in [4.69, 9.17) is 9.47 Å². The molecule has 0 saturated heterocycles. The normalized spacial score (nSPS) is 11.1. The van der Waals surface area contributed by atoms with Crippen LogP contribution in [0.4, 0.5) is 0 Å². The van der Waals surface area contributed by atoms with Crippen molar-refractivity contribution in [1.29, 1.82) is 0 Å². The highest BCUT2D eigenvalue weighted by atomic mass is 16.5. The number of aromatic nitrogens is 4. The van der Waals surface area contributed by atoms with E-state index in [1.165, 1.54) is 0 Å². The maximum Gasteiger partial charge on any atom is 0.161 e. The van der Waals surface area contributed by atoms with Crippen molar-refractivity contribution in [2.75, 3.05) is 14.2 Å². The van der Waals surface area contributed by atoms with Crippen LogP contribution in [0.5, 0.6) is 11.5 Å². The average Bonchev–Trinajstić information content (AvgIpc) is 3.33. The Morgan fingerprint density at radius 3 is 2.63 bits per heavy atom. The predicted octanol–water partition coefficient (Wildman–Crippen LogP) is 4.52. The summed E-state index contributed by atoms with van der Waals surface area (Å²) in [6, 6.07) is 8.03. The van der Waals surface area contributed by atoms with Gasteiger partial charge in [-0.3, -0.25) is 4.68 Å². The van der Waals surface area contributed by atoms with E-state index in [0.717, 1.165) is 46.3 Å². The number of methoxy groups -OCH3 is 2. The van der Waals surface area contributed by atoms with Crippen molar-refractivity contribution in [2.45, 2.75) is 19.9 Å². The molecule has 0 aliphatic carbocycles. The van der Waals surface area contributed by atoms with E-state index >= 15 is 0 Å². The Morgan fingerprint density at radius 1 is 1.00 bits per heavy atom. The minimum absolute atomic E-state index is 0.699. The van der Waals surface area contributed by atoms with Gasteiger partial charge in [-0.25, -0.2) is 4.98 Å². The molecule has 0 aliphatic heterocycles. The molecule has 3 heterocycles. The zero-order valence-corrected chi connectivity index (χ0v) is 15.7. The van der Waals surface area contributed by atoms with E-state index in [-0.39, 0.29) is 0 Å². The Morgan fingerprint density at radius 2 is 1.85 bits per heavy atom. The third-order valence-corrected chi connectivity index (χ3v) is 4.64. The molecular weight excluding hydrogens is 340 g/mol. The van der Waals surface area contributed by atoms with Crippen LogP contribution >= 0.6 is 0 Å². The highest BCUT2D eigenvalue weighted by molar-refractivity contribution is 5.95. The van der Waals surface area contributed by atoms with Crippen molar-refractivity contribution in [3.63, 3.8) is 0 Å². The van der Waals surface area contributed by atoms with Gasteiger partial charge in [0.1, 0.15) is 5.65 Å². The highest BCUT2D eigenvalue weighted by Gasteiger charge is 2.12. The molecule has 138 valence electrons. The quantitative estimate of drug-likeness (QED) is 0.548. The van der Waals surface area contributed by atoms with Gasteiger partial charge in [0.05, 0.1) is 20.4 Å². The molecule has 0 bridgehead atoms. The van der Waals surface area contributed by atoms with Crippen LogP contribution in [0.3, 0.4) is 0 Å². The van der Waals surface area contributed by atoms with Crippen LogP contribution in [0.15, 0.2) is 49.1 Å². The lowest BCUT2D eigenvalue weighted by Crippen LogP contribution is -1.95. The van der Waals surface area contributed by atoms with Gasteiger partial charge >= 0.3 is 0 Å². The average molecular weight is 362 g/mol. The largest absolute Gasteiger partial charge is 0.493 e. The first-order chi connectivity index (χ1) is 13.2. The summed E-state index contributed by atoms with van der Waals surface area (Å²) in [4.78, 5) is 7.84. The van der Waals surface area contributed by atoms with Gasteiger partial charge in [-0.15, -0.1) is 0 Å². The summed E-state index contributed by atoms with van der Waals surface area (Å²) in [5, 5.41) is 5.51. The molecule has 0 amide bonds. The smallest absolute Gasteiger partial charge is 0.161 e. The van der Waals surface area contributed by atoms with Gasteiger partial charge in [-0.05, 0) is 30.2 Å². The van der Waals surface area contributed by atoms with Crippen LogP contribution in [0.2, 0.25) is 0 Å². The van der Waals surface area contributed by atoms with Gasteiger partial charge in [0.15, 0.2) is 11.5 Å². The molecule has 0 spiro atoms. The summed E-state index contributed by atoms with van der Waals surface area (Å²) in [6.07, 6.45) is 8.89. The molecule has 0 atom stereocenters. The molecule has 6 heteroatoms. The second-order valence-electron chi connectivity index (χ2n) is 6.38. The van der Waals surface area contributed by atoms with Crippen molar-refractivity contribution >= 4 is 11.0 Å². The van der Waals surface area contributed by atoms with Crippen molar-refractivity contribution < 1.29 is 9.47 Å². The molecule has 0 radical (unpaired) electrons. The lowest BCUT2D eigenvalue weighted by atomic mass is 10.0. The fraction of sp³-hybridized carbons (Fsp3) is 0.238. The summed E-state index contributed by atoms with van der Waals surface area (Å²) < 4.78 is 12.7. The van der Waals surface area contributed by atoms with Gasteiger partial charge in [-0.2, -0.15) is 5.10 Å². The molecule has 0 saturated carbocycles. The summed E-state index contributed by atoms with van der Waals surface area (Å²) in [7, 11) is 3.28. The minimum Gasteiger partial charge on any atom is -0.493 e. The Labute approximate surface area is 157 Å². The molecule has 0 aliphatic rings. The first kappa shape index (κ1) is 17.1. The molecule has 6 nitrogen and oxygen atoms in total. The number of hydrogen-bond donors (Lipinski definition) is 1. The lowest BCUT2D eigenvalue weighted by Gasteiger charge is -2.09. The van der Waals surface area contributed by atoms with Gasteiger partial charge in [0.2, 0.25) is 0 Å². The van der Waals surface area contributed by atoms with E-state index in [0.29, 0.717) is 11.5 Å². The zero-order chi connectivity index (χ0) is 18.8. The van der Waals surface area contributed by atoms with Gasteiger partial charge < -0.3 is 14.5 Å². The highest BCUT2D eigenvalue weighted by Crippen LogP contribution is 2.34. The maximum absolute atomic E-state index is 5.43. The Bertz CT molecular complexity index is 1080. The Kier molecular flexibility index (Phi) is 4.54. The number of nitrogens with one attached hydrogen (secondary N) is 1. The van der Waals surface area contributed by atoms with Crippen LogP contribution in [0.1, 0.15) is 13.3 Å². The van der Waals surface area contributed by atoms with Gasteiger partial charge in [0, 0.05) is 47.2 Å². The first-order valence-electron chi connectivity index (χ1n) is 8.96. The monoisotopic (exact) mass is 362 g/mol. The third-order valence-electron chi connectivity index (χ3n) is 4.64. The van der Waals surface area contributed by atoms with E-state index in [1.807, 2.05) is 41.5 Å². The number of hydrogen-bond acceptors (Lipinski definition) is 4. The van der Waals surface area contributed by atoms with Crippen molar-refractivity contribution in [1.82, 2.24) is 19.7 Å². The van der Waals surface area contributed by atoms with Crippen LogP contribution in [-0.2, 0) is 6.54 Å². The Hall–Kier alpha value is -3.28. The number of H-pyrrole nitrogens is 1. The second kappa shape index (κ2) is 7.15. The maximum atomic E-state index is 5.43. The topological polar surface area (TPSA) is 65.0 Å². The predicted molar refractivity (Wildman–Crippen MR) is 106 cm³/mol. The van der Waals surface area contributed by atoms with Crippen molar-refractivity contribution in [2.24, 2.45) is 0 Å². The number of benzene rings is 1. The molecule has 4 rings (SSSR count). The van der Waals surface area contributed by atoms with Crippen molar-refractivity contribution in [3.8, 4) is 33.8 Å². The van der Waals surface area contributed by atoms with Crippen molar-refractivity contribution in [3.05, 3.63) is 49.1 Å². The van der Waals surface area contributed by atoms with Gasteiger partial charge in [-0.1, -0.05) is 13.0 Å². The van der Waals surface area contributed by atoms with Gasteiger partial charge in [0.25, 0.3) is 0 Å². The fourth-order valence-corrected chi connectivity index (χ4v) is 3.27. The molecular formula is C21H22N4O2. The number of nitrogens with zero attached hydrogens (tertiary/aromatic N) is 3. The summed E-state index contributed by atoms with van der Waals surface area (Å²) >= 11 is 0. The third kappa shape index (κ3) is 3.14. The number of aromatic amines is 1. The SMILES string of the molecule is CCCn1cc(-c2c[nH]c3ncc(-c4ccc(OC)c(OC)c4)cc23)cn1. The number of rotatable bonds is 6. The fourth-order valence-electron chi connectivity index (χ4n) is 3.27. The number of pyridine rings is 1. The number of aryl methyl sites for hydroxylation is 1. The molecule has 0 fully saturated rings. The number of ether oxygens (including phenoxy) is 2. The standard InChI is InChI=1S/C21H22N4O2/c1-4-7-25-13-16(11-24-25)18-12-23-21-17(18)8-15(10-22-21)14-5-6-19(26-2)20(9-14)27-3/h5-6,8-13H,4,7H2,1-3H3,(H,22,23). The van der Waals surface area contributed by atoms with Crippen LogP contribution in [0, 0.1) is 0 Å². The summed E-state index contributed by atoms with van der Waals surface area (Å²) in [5.41, 5.74) is 5.08. The molecule has 3 aromatic heterocycles. The number of fused-ring (bicyclic) bond motifs is 1. The molecule has 4 aromatic rings. The zero-order valence-electron chi connectivity index (χ0n) is 15.7. The second-order valence-corrected chi connectivity index (χ2v) is 6.38. The molecule has 1 N–H and O–H groups in total. The van der Waals surface area contributed by atoms with E-state index in [2.05, 4.69) is 34.3 Å². The van der Waals surface area contributed by atoms with E-state index in [9.17, 15) is 0 Å². The molecule has 0 unspecified atom stereocenters.